The van der Waals surface area contributed by atoms with Gasteiger partial charge >= 0.3 is 5.97 Å². The lowest BCUT2D eigenvalue weighted by atomic mass is 9.82. The van der Waals surface area contributed by atoms with Crippen LogP contribution in [0.25, 0.3) is 0 Å². The normalized spacial score (nSPS) is 15.9. The molecule has 0 spiro atoms. The Bertz CT molecular complexity index is 954. The molecule has 2 N–H and O–H groups in total. The fourth-order valence-corrected chi connectivity index (χ4v) is 3.79. The first kappa shape index (κ1) is 19.2. The largest absolute Gasteiger partial charge is 0.466 e. The van der Waals surface area contributed by atoms with E-state index in [0.29, 0.717) is 33.4 Å². The number of hydrogen-bond donors (Lipinski definition) is 2. The van der Waals surface area contributed by atoms with Crippen molar-refractivity contribution in [1.29, 1.82) is 0 Å². The van der Waals surface area contributed by atoms with Gasteiger partial charge in [-0.25, -0.2) is 14.2 Å². The Morgan fingerprint density at radius 1 is 1.33 bits per heavy atom. The number of aromatic amines is 1. The van der Waals surface area contributed by atoms with Crippen molar-refractivity contribution in [2.24, 2.45) is 0 Å². The first-order valence-corrected chi connectivity index (χ1v) is 9.53. The van der Waals surface area contributed by atoms with Gasteiger partial charge in [-0.3, -0.25) is 4.79 Å². The van der Waals surface area contributed by atoms with Gasteiger partial charge in [-0.2, -0.15) is 0 Å². The number of fused-ring (bicyclic) bond motifs is 1. The molecular formula is C19H20FN3O3S. The molecule has 3 rings (SSSR count). The molecular weight excluding hydrogens is 369 g/mol. The second-order valence-corrected chi connectivity index (χ2v) is 7.21. The molecule has 27 heavy (non-hydrogen) atoms. The Kier molecular flexibility index (Phi) is 5.65. The minimum atomic E-state index is -0.698. The quantitative estimate of drug-likeness (QED) is 0.463. The number of carbonyl (C=O) groups excluding carboxylic acids is 1. The molecule has 2 heterocycles. The molecule has 0 saturated heterocycles. The van der Waals surface area contributed by atoms with Crippen molar-refractivity contribution in [3.63, 3.8) is 0 Å². The van der Waals surface area contributed by atoms with E-state index in [0.717, 1.165) is 12.2 Å². The summed E-state index contributed by atoms with van der Waals surface area (Å²) in [5, 5.41) is 3.57. The van der Waals surface area contributed by atoms with Crippen molar-refractivity contribution >= 4 is 23.5 Å². The number of benzene rings is 1. The van der Waals surface area contributed by atoms with Crippen LogP contribution in [0.1, 0.15) is 37.3 Å². The summed E-state index contributed by atoms with van der Waals surface area (Å²) in [7, 11) is 1.28. The number of thioether (sulfide) groups is 1. The fourth-order valence-electron chi connectivity index (χ4n) is 3.07. The monoisotopic (exact) mass is 389 g/mol. The maximum absolute atomic E-state index is 13.4. The van der Waals surface area contributed by atoms with Gasteiger partial charge in [-0.05, 0) is 31.0 Å². The van der Waals surface area contributed by atoms with Gasteiger partial charge in [-0.1, -0.05) is 30.8 Å². The van der Waals surface area contributed by atoms with Crippen LogP contribution in [-0.2, 0) is 9.53 Å². The van der Waals surface area contributed by atoms with Gasteiger partial charge in [0.25, 0.3) is 5.56 Å². The summed E-state index contributed by atoms with van der Waals surface area (Å²) in [5.41, 5.74) is 1.44. The van der Waals surface area contributed by atoms with Crippen LogP contribution in [-0.4, -0.2) is 28.8 Å². The molecule has 0 radical (unpaired) electrons. The number of halogens is 1. The minimum Gasteiger partial charge on any atom is -0.466 e. The maximum Gasteiger partial charge on any atom is 0.336 e. The third-order valence-electron chi connectivity index (χ3n) is 4.27. The smallest absolute Gasteiger partial charge is 0.336 e. The SMILES string of the molecule is CCCSc1nc2c(c(=O)[nH]1)C(c1ccc(F)cc1)C(C(=O)OC)=C(C)N2. The lowest BCUT2D eigenvalue weighted by Gasteiger charge is -2.28. The number of H-pyrrole nitrogens is 1. The first-order chi connectivity index (χ1) is 13.0. The van der Waals surface area contributed by atoms with Crippen molar-refractivity contribution in [2.45, 2.75) is 31.3 Å². The van der Waals surface area contributed by atoms with Crippen LogP contribution < -0.4 is 10.9 Å². The molecule has 0 aliphatic carbocycles. The highest BCUT2D eigenvalue weighted by atomic mass is 32.2. The minimum absolute atomic E-state index is 0.304. The highest BCUT2D eigenvalue weighted by Crippen LogP contribution is 2.40. The molecule has 0 amide bonds. The second kappa shape index (κ2) is 7.96. The Labute approximate surface area is 160 Å². The zero-order valence-electron chi connectivity index (χ0n) is 15.3. The van der Waals surface area contributed by atoms with E-state index in [1.165, 1.54) is 31.0 Å². The number of nitrogens with zero attached hydrogens (tertiary/aromatic N) is 1. The predicted octanol–water partition coefficient (Wildman–Crippen LogP) is 3.42. The molecule has 8 heteroatoms. The third kappa shape index (κ3) is 3.75. The van der Waals surface area contributed by atoms with Crippen LogP contribution in [0.15, 0.2) is 45.5 Å². The van der Waals surface area contributed by atoms with Crippen LogP contribution in [0.2, 0.25) is 0 Å². The van der Waals surface area contributed by atoms with Crippen LogP contribution in [0.5, 0.6) is 0 Å². The number of anilines is 1. The van der Waals surface area contributed by atoms with Gasteiger partial charge in [-0.15, -0.1) is 0 Å². The molecule has 1 aliphatic rings. The molecule has 0 bridgehead atoms. The van der Waals surface area contributed by atoms with Gasteiger partial charge in [0.1, 0.15) is 11.6 Å². The zero-order chi connectivity index (χ0) is 19.6. The number of rotatable bonds is 5. The van der Waals surface area contributed by atoms with E-state index in [2.05, 4.69) is 15.3 Å². The topological polar surface area (TPSA) is 84.1 Å². The predicted molar refractivity (Wildman–Crippen MR) is 102 cm³/mol. The first-order valence-electron chi connectivity index (χ1n) is 8.54. The van der Waals surface area contributed by atoms with Gasteiger partial charge in [0.05, 0.1) is 24.2 Å². The van der Waals surface area contributed by atoms with Crippen LogP contribution >= 0.6 is 11.8 Å². The lowest BCUT2D eigenvalue weighted by Crippen LogP contribution is -2.31. The van der Waals surface area contributed by atoms with Gasteiger partial charge in [0.2, 0.25) is 0 Å². The van der Waals surface area contributed by atoms with Crippen LogP contribution in [0, 0.1) is 5.82 Å². The van der Waals surface area contributed by atoms with Crippen molar-refractivity contribution < 1.29 is 13.9 Å². The number of allylic oxidation sites excluding steroid dienone is 1. The molecule has 6 nitrogen and oxygen atoms in total. The molecule has 142 valence electrons. The Balaban J connectivity index is 2.19. The highest BCUT2D eigenvalue weighted by molar-refractivity contribution is 7.99. The van der Waals surface area contributed by atoms with Gasteiger partial charge in [0.15, 0.2) is 5.16 Å². The third-order valence-corrected chi connectivity index (χ3v) is 5.35. The Morgan fingerprint density at radius 2 is 2.04 bits per heavy atom. The van der Waals surface area contributed by atoms with Crippen LogP contribution in [0.3, 0.4) is 0 Å². The molecule has 1 aromatic carbocycles. The molecule has 1 aliphatic heterocycles. The number of ether oxygens (including phenoxy) is 1. The van der Waals surface area contributed by atoms with Gasteiger partial charge in [0, 0.05) is 11.4 Å². The number of esters is 1. The van der Waals surface area contributed by atoms with Crippen LogP contribution in [0.4, 0.5) is 10.2 Å². The average molecular weight is 389 g/mol. The molecule has 1 unspecified atom stereocenters. The van der Waals surface area contributed by atoms with E-state index in [4.69, 9.17) is 4.74 Å². The van der Waals surface area contributed by atoms with Crippen molar-refractivity contribution in [3.8, 4) is 0 Å². The maximum atomic E-state index is 13.4. The number of carbonyl (C=O) groups is 1. The number of methoxy groups -OCH3 is 1. The number of hydrogen-bond acceptors (Lipinski definition) is 6. The molecule has 0 fully saturated rings. The van der Waals surface area contributed by atoms with Crippen molar-refractivity contribution in [3.05, 3.63) is 62.8 Å². The number of aromatic nitrogens is 2. The summed E-state index contributed by atoms with van der Waals surface area (Å²) >= 11 is 1.46. The summed E-state index contributed by atoms with van der Waals surface area (Å²) in [6, 6.07) is 5.72. The average Bonchev–Trinajstić information content (AvgIpc) is 2.65. The standard InChI is InChI=1S/C19H20FN3O3S/c1-4-9-27-19-22-16-15(17(24)23-19)14(11-5-7-12(20)8-6-11)13(10(2)21-16)18(25)26-3/h5-8,14H,4,9H2,1-3H3,(H2,21,22,23,24). The molecule has 0 saturated carbocycles. The zero-order valence-corrected chi connectivity index (χ0v) is 16.1. The highest BCUT2D eigenvalue weighted by Gasteiger charge is 2.36. The van der Waals surface area contributed by atoms with E-state index >= 15 is 0 Å². The Hall–Kier alpha value is -2.61. The summed E-state index contributed by atoms with van der Waals surface area (Å²) in [6.07, 6.45) is 0.947. The summed E-state index contributed by atoms with van der Waals surface area (Å²) in [4.78, 5) is 32.6. The van der Waals surface area contributed by atoms with Crippen molar-refractivity contribution in [1.82, 2.24) is 9.97 Å². The molecule has 1 atom stereocenters. The van der Waals surface area contributed by atoms with E-state index in [1.54, 1.807) is 19.1 Å². The summed E-state index contributed by atoms with van der Waals surface area (Å²) < 4.78 is 18.3. The summed E-state index contributed by atoms with van der Waals surface area (Å²) in [6.45, 7) is 3.77. The van der Waals surface area contributed by atoms with E-state index in [9.17, 15) is 14.0 Å². The second-order valence-electron chi connectivity index (χ2n) is 6.12. The van der Waals surface area contributed by atoms with E-state index in [-0.39, 0.29) is 5.56 Å². The molecule has 1 aromatic heterocycles. The summed E-state index contributed by atoms with van der Waals surface area (Å²) in [5.74, 6) is -0.422. The lowest BCUT2D eigenvalue weighted by molar-refractivity contribution is -0.136. The van der Waals surface area contributed by atoms with E-state index < -0.39 is 17.7 Å². The van der Waals surface area contributed by atoms with Crippen molar-refractivity contribution in [2.75, 3.05) is 18.2 Å². The van der Waals surface area contributed by atoms with Gasteiger partial charge < -0.3 is 15.0 Å². The fraction of sp³-hybridized carbons (Fsp3) is 0.316. The number of nitrogens with one attached hydrogen (secondary N) is 2. The van der Waals surface area contributed by atoms with E-state index in [1.807, 2.05) is 6.92 Å². The Morgan fingerprint density at radius 3 is 2.67 bits per heavy atom. The molecule has 2 aromatic rings.